The molecule has 0 saturated carbocycles. The summed E-state index contributed by atoms with van der Waals surface area (Å²) in [4.78, 5) is 6.68. The van der Waals surface area contributed by atoms with E-state index in [2.05, 4.69) is 9.88 Å². The van der Waals surface area contributed by atoms with Gasteiger partial charge in [0.15, 0.2) is 5.13 Å². The summed E-state index contributed by atoms with van der Waals surface area (Å²) in [7, 11) is 1.77. The molecule has 1 saturated heterocycles. The molecule has 0 bridgehead atoms. The normalized spacial score (nSPS) is 22.3. The van der Waals surface area contributed by atoms with Crippen molar-refractivity contribution in [3.8, 4) is 0 Å². The number of aromatic nitrogens is 1. The molecule has 0 aromatic carbocycles. The number of hydrogen-bond donors (Lipinski definition) is 1. The van der Waals surface area contributed by atoms with Crippen LogP contribution in [0.15, 0.2) is 5.38 Å². The van der Waals surface area contributed by atoms with E-state index < -0.39 is 0 Å². The second-order valence-corrected chi connectivity index (χ2v) is 4.91. The molecule has 1 aromatic heterocycles. The first-order chi connectivity index (χ1) is 7.28. The number of nitrogen functional groups attached to an aromatic ring is 1. The molecule has 1 unspecified atom stereocenters. The van der Waals surface area contributed by atoms with Gasteiger partial charge in [0.05, 0.1) is 12.3 Å². The zero-order valence-electron chi connectivity index (χ0n) is 8.98. The topological polar surface area (TPSA) is 51.4 Å². The largest absolute Gasteiger partial charge is 0.384 e. The van der Waals surface area contributed by atoms with E-state index in [-0.39, 0.29) is 0 Å². The third-order valence-corrected chi connectivity index (χ3v) is 3.45. The molecule has 2 heterocycles. The van der Waals surface area contributed by atoms with Crippen LogP contribution < -0.4 is 5.73 Å². The molecule has 2 rings (SSSR count). The summed E-state index contributed by atoms with van der Waals surface area (Å²) >= 11 is 1.51. The molecule has 15 heavy (non-hydrogen) atoms. The van der Waals surface area contributed by atoms with Crippen molar-refractivity contribution in [3.05, 3.63) is 11.1 Å². The van der Waals surface area contributed by atoms with Gasteiger partial charge in [-0.1, -0.05) is 0 Å². The van der Waals surface area contributed by atoms with Crippen LogP contribution in [0.2, 0.25) is 0 Å². The van der Waals surface area contributed by atoms with Crippen molar-refractivity contribution in [1.82, 2.24) is 9.88 Å². The Morgan fingerprint density at radius 1 is 1.73 bits per heavy atom. The maximum Gasteiger partial charge on any atom is 0.180 e. The van der Waals surface area contributed by atoms with Gasteiger partial charge in [0, 0.05) is 25.6 Å². The maximum atomic E-state index is 5.60. The number of methoxy groups -OCH3 is 1. The van der Waals surface area contributed by atoms with E-state index in [1.807, 2.05) is 5.38 Å². The van der Waals surface area contributed by atoms with Crippen LogP contribution in [-0.4, -0.2) is 36.7 Å². The van der Waals surface area contributed by atoms with Crippen LogP contribution in [0, 0.1) is 5.92 Å². The number of ether oxygens (including phenoxy) is 1. The molecular formula is C10H17N3OS. The SMILES string of the molecule is COCC1CCN(Cc2csc(N)n2)C1. The lowest BCUT2D eigenvalue weighted by molar-refractivity contribution is 0.152. The van der Waals surface area contributed by atoms with Gasteiger partial charge in [0.25, 0.3) is 0 Å². The summed E-state index contributed by atoms with van der Waals surface area (Å²) in [5.74, 6) is 0.686. The van der Waals surface area contributed by atoms with Gasteiger partial charge in [0.2, 0.25) is 0 Å². The highest BCUT2D eigenvalue weighted by atomic mass is 32.1. The summed E-state index contributed by atoms with van der Waals surface area (Å²) in [6.07, 6.45) is 1.23. The number of likely N-dealkylation sites (tertiary alicyclic amines) is 1. The predicted octanol–water partition coefficient (Wildman–Crippen LogP) is 1.19. The van der Waals surface area contributed by atoms with Crippen LogP contribution in [0.5, 0.6) is 0 Å². The molecule has 1 fully saturated rings. The summed E-state index contributed by atoms with van der Waals surface area (Å²) in [5.41, 5.74) is 6.69. The standard InChI is InChI=1S/C10H17N3OS/c1-14-6-8-2-3-13(4-8)5-9-7-15-10(11)12-9/h7-8H,2-6H2,1H3,(H2,11,12). The second kappa shape index (κ2) is 4.92. The minimum atomic E-state index is 0.664. The van der Waals surface area contributed by atoms with Crippen molar-refractivity contribution in [2.75, 3.05) is 32.5 Å². The van der Waals surface area contributed by atoms with Gasteiger partial charge in [-0.25, -0.2) is 4.98 Å². The molecule has 1 aromatic rings. The molecule has 84 valence electrons. The first-order valence-corrected chi connectivity index (χ1v) is 6.07. The van der Waals surface area contributed by atoms with E-state index in [9.17, 15) is 0 Å². The van der Waals surface area contributed by atoms with Gasteiger partial charge >= 0.3 is 0 Å². The molecule has 1 atom stereocenters. The second-order valence-electron chi connectivity index (χ2n) is 4.02. The smallest absolute Gasteiger partial charge is 0.180 e. The molecule has 4 nitrogen and oxygen atoms in total. The van der Waals surface area contributed by atoms with E-state index in [1.165, 1.54) is 17.8 Å². The third-order valence-electron chi connectivity index (χ3n) is 2.73. The summed E-state index contributed by atoms with van der Waals surface area (Å²) in [6, 6.07) is 0. The van der Waals surface area contributed by atoms with Crippen molar-refractivity contribution in [1.29, 1.82) is 0 Å². The number of rotatable bonds is 4. The molecular weight excluding hydrogens is 210 g/mol. The van der Waals surface area contributed by atoms with Crippen LogP contribution >= 0.6 is 11.3 Å². The number of hydrogen-bond acceptors (Lipinski definition) is 5. The summed E-state index contributed by atoms with van der Waals surface area (Å²) < 4.78 is 5.17. The Morgan fingerprint density at radius 3 is 3.27 bits per heavy atom. The first kappa shape index (κ1) is 10.9. The third kappa shape index (κ3) is 2.90. The van der Waals surface area contributed by atoms with E-state index in [4.69, 9.17) is 10.5 Å². The fraction of sp³-hybridized carbons (Fsp3) is 0.700. The lowest BCUT2D eigenvalue weighted by Crippen LogP contribution is -2.21. The Labute approximate surface area is 94.1 Å². The summed E-state index contributed by atoms with van der Waals surface area (Å²) in [6.45, 7) is 4.06. The lowest BCUT2D eigenvalue weighted by Gasteiger charge is -2.13. The Balaban J connectivity index is 1.82. The lowest BCUT2D eigenvalue weighted by atomic mass is 10.1. The quantitative estimate of drug-likeness (QED) is 0.839. The van der Waals surface area contributed by atoms with Gasteiger partial charge in [-0.3, -0.25) is 4.90 Å². The van der Waals surface area contributed by atoms with Crippen molar-refractivity contribution in [3.63, 3.8) is 0 Å². The number of nitrogens with two attached hydrogens (primary N) is 1. The van der Waals surface area contributed by atoms with Crippen molar-refractivity contribution < 1.29 is 4.74 Å². The fourth-order valence-electron chi connectivity index (χ4n) is 2.05. The van der Waals surface area contributed by atoms with Gasteiger partial charge < -0.3 is 10.5 Å². The van der Waals surface area contributed by atoms with Crippen LogP contribution in [0.4, 0.5) is 5.13 Å². The number of anilines is 1. The zero-order valence-corrected chi connectivity index (χ0v) is 9.80. The number of nitrogens with zero attached hydrogens (tertiary/aromatic N) is 2. The first-order valence-electron chi connectivity index (χ1n) is 5.19. The molecule has 0 radical (unpaired) electrons. The maximum absolute atomic E-state index is 5.60. The average molecular weight is 227 g/mol. The molecule has 5 heteroatoms. The molecule has 1 aliphatic heterocycles. The fourth-order valence-corrected chi connectivity index (χ4v) is 2.61. The van der Waals surface area contributed by atoms with E-state index >= 15 is 0 Å². The van der Waals surface area contributed by atoms with E-state index in [0.717, 1.165) is 31.9 Å². The highest BCUT2D eigenvalue weighted by Gasteiger charge is 2.22. The van der Waals surface area contributed by atoms with Crippen LogP contribution in [0.25, 0.3) is 0 Å². The Kier molecular flexibility index (Phi) is 3.56. The van der Waals surface area contributed by atoms with Crippen LogP contribution in [-0.2, 0) is 11.3 Å². The molecule has 1 aliphatic rings. The molecule has 0 aliphatic carbocycles. The van der Waals surface area contributed by atoms with Gasteiger partial charge in [-0.2, -0.15) is 0 Å². The van der Waals surface area contributed by atoms with Crippen molar-refractivity contribution in [2.45, 2.75) is 13.0 Å². The van der Waals surface area contributed by atoms with Crippen molar-refractivity contribution in [2.24, 2.45) is 5.92 Å². The van der Waals surface area contributed by atoms with Crippen molar-refractivity contribution >= 4 is 16.5 Å². The molecule has 2 N–H and O–H groups in total. The predicted molar refractivity (Wildman–Crippen MR) is 61.8 cm³/mol. The molecule has 0 amide bonds. The van der Waals surface area contributed by atoms with Gasteiger partial charge in [-0.05, 0) is 18.9 Å². The van der Waals surface area contributed by atoms with E-state index in [0.29, 0.717) is 11.0 Å². The Morgan fingerprint density at radius 2 is 2.60 bits per heavy atom. The monoisotopic (exact) mass is 227 g/mol. The number of thiazole rings is 1. The van der Waals surface area contributed by atoms with Gasteiger partial charge in [-0.15, -0.1) is 11.3 Å². The van der Waals surface area contributed by atoms with E-state index in [1.54, 1.807) is 7.11 Å². The minimum Gasteiger partial charge on any atom is -0.384 e. The summed E-state index contributed by atoms with van der Waals surface area (Å²) in [5, 5.41) is 2.71. The zero-order chi connectivity index (χ0) is 10.7. The van der Waals surface area contributed by atoms with Gasteiger partial charge in [0.1, 0.15) is 0 Å². The Bertz CT molecular complexity index is 315. The highest BCUT2D eigenvalue weighted by Crippen LogP contribution is 2.20. The van der Waals surface area contributed by atoms with Crippen LogP contribution in [0.3, 0.4) is 0 Å². The average Bonchev–Trinajstić information content (AvgIpc) is 2.78. The van der Waals surface area contributed by atoms with Crippen LogP contribution in [0.1, 0.15) is 12.1 Å². The Hall–Kier alpha value is -0.650. The minimum absolute atomic E-state index is 0.664. The highest BCUT2D eigenvalue weighted by molar-refractivity contribution is 7.13. The molecule has 0 spiro atoms.